The van der Waals surface area contributed by atoms with E-state index in [0.717, 1.165) is 49.7 Å². The molecule has 0 spiro atoms. The summed E-state index contributed by atoms with van der Waals surface area (Å²) in [6, 6.07) is 7.31. The number of hydrogen-bond acceptors (Lipinski definition) is 17. The predicted octanol–water partition coefficient (Wildman–Crippen LogP) is 6.93. The first-order valence-corrected chi connectivity index (χ1v) is 31.0. The van der Waals surface area contributed by atoms with Crippen molar-refractivity contribution in [3.63, 3.8) is 0 Å². The first-order chi connectivity index (χ1) is 39.9. The molecule has 8 aliphatic rings. The van der Waals surface area contributed by atoms with Gasteiger partial charge in [0.25, 0.3) is 0 Å². The molecule has 6 fully saturated rings. The molecule has 1 amide bonds. The van der Waals surface area contributed by atoms with E-state index in [4.69, 9.17) is 29.3 Å². The standard InChI is InChI=1S/C35H51BN2O8.C30H43BN2O6/c1-9-33(7)16-26(34(8)20(2)12-14-35(21(3)30(33)41)15-13-25(39)29(34)35)45-27(40)18-37-24-11-10-22-19-44-36(43)28(22)23(24)17-38-31(42)46-32(4,5)6;1-6-28(4)13-23(29(5)17(2)9-11-30(18(3)27(28)36)12-10-22(34)26(29)30)39-24(35)15-33-21-8-7-19-16-38-31(37)25(19)20(21)14-32/h9-11,20-21,26,29-30,37,41,43H,1,12-19H2,2-8H3,(H,38,42);6-8,17-18,23,26-27,33,36-37H,1,9-16,32H2,2-5H3/t20-,21+,26-,29+,30+,33-,34+,35+;17-,18+,23-,26+,27+,28-,29+,30+/m11/s1. The number of carbonyl (C=O) groups is 5. The Hall–Kier alpha value is -5.08. The van der Waals surface area contributed by atoms with Gasteiger partial charge in [0, 0.05) is 70.8 Å². The summed E-state index contributed by atoms with van der Waals surface area (Å²) in [5.74, 6) is -0.965. The van der Waals surface area contributed by atoms with E-state index >= 15 is 0 Å². The van der Waals surface area contributed by atoms with E-state index in [0.29, 0.717) is 65.7 Å². The molecule has 6 saturated carbocycles. The normalized spacial score (nSPS) is 37.2. The molecule has 18 nitrogen and oxygen atoms in total. The van der Waals surface area contributed by atoms with E-state index in [-0.39, 0.29) is 90.7 Å². The fraction of sp³-hybridized carbons (Fsp3) is 0.677. The average Bonchev–Trinajstić information content (AvgIpc) is 1.77. The zero-order valence-electron chi connectivity index (χ0n) is 52.1. The third kappa shape index (κ3) is 11.1. The van der Waals surface area contributed by atoms with Crippen molar-refractivity contribution in [3.05, 3.63) is 71.8 Å². The van der Waals surface area contributed by atoms with Crippen LogP contribution in [-0.2, 0) is 69.0 Å². The van der Waals surface area contributed by atoms with Gasteiger partial charge in [0.15, 0.2) is 0 Å². The topological polar surface area (TPSA) is 275 Å². The highest BCUT2D eigenvalue weighted by molar-refractivity contribution is 6.62. The van der Waals surface area contributed by atoms with Gasteiger partial charge in [-0.15, -0.1) is 13.2 Å². The molecule has 0 unspecified atom stereocenters. The summed E-state index contributed by atoms with van der Waals surface area (Å²) in [4.78, 5) is 66.9. The molecule has 2 heterocycles. The Labute approximate surface area is 503 Å². The minimum absolute atomic E-state index is 0.0355. The van der Waals surface area contributed by atoms with Gasteiger partial charge in [0.2, 0.25) is 0 Å². The minimum Gasteiger partial charge on any atom is -0.460 e. The predicted molar refractivity (Wildman–Crippen MR) is 325 cm³/mol. The molecule has 10 rings (SSSR count). The summed E-state index contributed by atoms with van der Waals surface area (Å²) < 4.78 is 28.9. The maximum Gasteiger partial charge on any atom is 0.492 e. The van der Waals surface area contributed by atoms with E-state index in [2.05, 4.69) is 70.7 Å². The number of esters is 2. The second kappa shape index (κ2) is 23.8. The van der Waals surface area contributed by atoms with Crippen LogP contribution in [0.2, 0.25) is 0 Å². The number of amides is 1. The van der Waals surface area contributed by atoms with Crippen molar-refractivity contribution < 1.29 is 67.8 Å². The number of aliphatic hydroxyl groups is 2. The number of nitrogens with one attached hydrogen (secondary N) is 3. The van der Waals surface area contributed by atoms with Gasteiger partial charge in [-0.2, -0.15) is 0 Å². The van der Waals surface area contributed by atoms with Crippen LogP contribution in [-0.4, -0.2) is 107 Å². The monoisotopic (exact) mass is 1180 g/mol. The second-order valence-corrected chi connectivity index (χ2v) is 28.6. The van der Waals surface area contributed by atoms with E-state index in [1.54, 1.807) is 39.0 Å². The van der Waals surface area contributed by atoms with Crippen LogP contribution in [0.15, 0.2) is 49.6 Å². The molecular formula is C65H94B2N4O14. The van der Waals surface area contributed by atoms with Crippen molar-refractivity contribution in [1.82, 2.24) is 5.32 Å². The fourth-order valence-corrected chi connectivity index (χ4v) is 17.8. The van der Waals surface area contributed by atoms with Crippen molar-refractivity contribution in [2.75, 3.05) is 23.7 Å². The van der Waals surface area contributed by atoms with Crippen molar-refractivity contribution >= 4 is 66.1 Å². The molecule has 0 saturated heterocycles. The fourth-order valence-electron chi connectivity index (χ4n) is 17.8. The molecule has 6 aliphatic carbocycles. The Morgan fingerprint density at radius 3 is 1.51 bits per heavy atom. The summed E-state index contributed by atoms with van der Waals surface area (Å²) in [6.45, 7) is 30.7. The lowest BCUT2D eigenvalue weighted by Crippen LogP contribution is -2.63. The molecule has 20 heteroatoms. The van der Waals surface area contributed by atoms with Crippen molar-refractivity contribution in [1.29, 1.82) is 0 Å². The van der Waals surface area contributed by atoms with Crippen LogP contribution in [0.25, 0.3) is 0 Å². The molecule has 2 aromatic rings. The SMILES string of the molecule is C=C[C@]1(C)C[C@@H](OC(=O)CNc2ccc3c(c2CN)B(O)OC3)[C@]2(C)[C@H](C)CC[C@]3(CCC(=O)[C@H]32)[C@@H](C)[C@@H]1O.C=C[C@]1(C)C[C@@H](OC(=O)CNc2ccc3c(c2CNC(=O)OC(C)(C)C)B(O)OC3)[C@]2(C)[C@H](C)CC[C@]3(CCC(=O)[C@H]32)[C@@H](C)[C@@H]1O. The van der Waals surface area contributed by atoms with Crippen molar-refractivity contribution in [3.8, 4) is 0 Å². The number of carbonyl (C=O) groups excluding carboxylic acids is 5. The molecule has 0 radical (unpaired) electrons. The van der Waals surface area contributed by atoms with E-state index in [1.165, 1.54) is 0 Å². The number of ketones is 2. The zero-order chi connectivity index (χ0) is 62.1. The molecule has 464 valence electrons. The van der Waals surface area contributed by atoms with Gasteiger partial charge >= 0.3 is 32.3 Å². The van der Waals surface area contributed by atoms with Crippen molar-refractivity contribution in [2.45, 2.75) is 197 Å². The Balaban J connectivity index is 0.000000206. The minimum atomic E-state index is -1.17. The summed E-state index contributed by atoms with van der Waals surface area (Å²) in [5.41, 5.74) is 7.43. The molecule has 2 aliphatic heterocycles. The number of hydrogen-bond donors (Lipinski definition) is 8. The molecule has 4 bridgehead atoms. The number of Topliss-reactive ketones (excluding diaryl/α,β-unsaturated/α-hetero) is 2. The van der Waals surface area contributed by atoms with Gasteiger partial charge in [0.1, 0.15) is 42.5 Å². The van der Waals surface area contributed by atoms with Crippen LogP contribution in [0.5, 0.6) is 0 Å². The van der Waals surface area contributed by atoms with Crippen LogP contribution in [0.1, 0.15) is 163 Å². The molecule has 2 aromatic carbocycles. The number of rotatable bonds is 13. The van der Waals surface area contributed by atoms with Gasteiger partial charge in [-0.05, 0) is 152 Å². The largest absolute Gasteiger partial charge is 0.492 e. The lowest BCUT2D eigenvalue weighted by Gasteiger charge is -2.61. The molecule has 85 heavy (non-hydrogen) atoms. The van der Waals surface area contributed by atoms with E-state index in [1.807, 2.05) is 32.0 Å². The molecule has 9 N–H and O–H groups in total. The van der Waals surface area contributed by atoms with Gasteiger partial charge in [0.05, 0.1) is 25.4 Å². The van der Waals surface area contributed by atoms with Gasteiger partial charge in [-0.25, -0.2) is 4.79 Å². The Bertz CT molecular complexity index is 2960. The van der Waals surface area contributed by atoms with Gasteiger partial charge in [-0.3, -0.25) is 19.2 Å². The maximum absolute atomic E-state index is 13.7. The van der Waals surface area contributed by atoms with Crippen LogP contribution in [0.4, 0.5) is 16.2 Å². The van der Waals surface area contributed by atoms with Crippen LogP contribution < -0.4 is 32.6 Å². The third-order valence-electron chi connectivity index (χ3n) is 23.2. The van der Waals surface area contributed by atoms with Crippen LogP contribution in [0, 0.1) is 68.0 Å². The van der Waals surface area contributed by atoms with Crippen LogP contribution >= 0.6 is 0 Å². The number of anilines is 2. The van der Waals surface area contributed by atoms with Gasteiger partial charge < -0.3 is 65.5 Å². The number of nitrogens with two attached hydrogens (primary N) is 1. The first-order valence-electron chi connectivity index (χ1n) is 31.0. The summed E-state index contributed by atoms with van der Waals surface area (Å²) >= 11 is 0. The summed E-state index contributed by atoms with van der Waals surface area (Å²) in [7, 11) is -2.21. The van der Waals surface area contributed by atoms with Crippen LogP contribution in [0.3, 0.4) is 0 Å². The zero-order valence-corrected chi connectivity index (χ0v) is 52.1. The third-order valence-corrected chi connectivity index (χ3v) is 23.2. The Morgan fingerprint density at radius 2 is 1.11 bits per heavy atom. The Kier molecular flexibility index (Phi) is 18.0. The number of ether oxygens (including phenoxy) is 3. The highest BCUT2D eigenvalue weighted by atomic mass is 16.6. The smallest absolute Gasteiger partial charge is 0.460 e. The lowest BCUT2D eigenvalue weighted by atomic mass is 9.44. The summed E-state index contributed by atoms with van der Waals surface area (Å²) in [5, 5.41) is 53.4. The highest BCUT2D eigenvalue weighted by Gasteiger charge is 2.70. The highest BCUT2D eigenvalue weighted by Crippen LogP contribution is 2.70. The lowest BCUT2D eigenvalue weighted by molar-refractivity contribution is -0.205. The number of alkyl carbamates (subject to hydrolysis) is 1. The summed E-state index contributed by atoms with van der Waals surface area (Å²) in [6.07, 6.45) is 7.14. The van der Waals surface area contributed by atoms with E-state index < -0.39 is 83.9 Å². The quantitative estimate of drug-likeness (QED) is 0.0437. The maximum atomic E-state index is 13.7. The van der Waals surface area contributed by atoms with Crippen molar-refractivity contribution in [2.24, 2.45) is 73.7 Å². The van der Waals surface area contributed by atoms with Gasteiger partial charge in [-0.1, -0.05) is 79.7 Å². The molecular weight excluding hydrogens is 1080 g/mol. The second-order valence-electron chi connectivity index (χ2n) is 28.6. The number of fused-ring (bicyclic) bond motifs is 2. The first kappa shape index (κ1) is 64.4. The number of aliphatic hydroxyl groups excluding tert-OH is 2. The molecule has 0 aromatic heterocycles. The van der Waals surface area contributed by atoms with E-state index in [9.17, 15) is 44.2 Å². The average molecular weight is 1180 g/mol. The Morgan fingerprint density at radius 1 is 0.694 bits per heavy atom. The number of benzene rings is 2. The molecule has 16 atom stereocenters.